The van der Waals surface area contributed by atoms with Crippen LogP contribution in [0.1, 0.15) is 35.8 Å². The van der Waals surface area contributed by atoms with E-state index in [0.717, 1.165) is 42.3 Å². The summed E-state index contributed by atoms with van der Waals surface area (Å²) in [6, 6.07) is 16.5. The lowest BCUT2D eigenvalue weighted by Crippen LogP contribution is -2.38. The van der Waals surface area contributed by atoms with Crippen LogP contribution in [0.4, 0.5) is 0 Å². The van der Waals surface area contributed by atoms with Crippen molar-refractivity contribution in [2.24, 2.45) is 0 Å². The molecule has 2 aromatic carbocycles. The summed E-state index contributed by atoms with van der Waals surface area (Å²) in [5, 5.41) is 1.23. The van der Waals surface area contributed by atoms with Crippen LogP contribution >= 0.6 is 27.3 Å². The van der Waals surface area contributed by atoms with E-state index in [2.05, 4.69) is 40.2 Å². The number of piperidine rings is 1. The van der Waals surface area contributed by atoms with Crippen LogP contribution < -0.4 is 0 Å². The molecule has 0 unspecified atom stereocenters. The molecular weight excluding hydrogens is 408 g/mol. The normalized spacial score (nSPS) is 15.5. The predicted octanol–water partition coefficient (Wildman–Crippen LogP) is 5.40. The van der Waals surface area contributed by atoms with Gasteiger partial charge in [-0.15, -0.1) is 11.3 Å². The Morgan fingerprint density at radius 2 is 1.85 bits per heavy atom. The summed E-state index contributed by atoms with van der Waals surface area (Å²) in [5.41, 5.74) is 2.30. The molecule has 0 N–H and O–H groups in total. The third-order valence-electron chi connectivity index (χ3n) is 5.07. The smallest absolute Gasteiger partial charge is 0.222 e. The monoisotopic (exact) mass is 428 g/mol. The molecule has 3 nitrogen and oxygen atoms in total. The average Bonchev–Trinajstić information content (AvgIpc) is 3.11. The zero-order valence-electron chi connectivity index (χ0n) is 14.5. The Morgan fingerprint density at radius 1 is 1.12 bits per heavy atom. The first-order chi connectivity index (χ1) is 12.7. The van der Waals surface area contributed by atoms with E-state index >= 15 is 0 Å². The van der Waals surface area contributed by atoms with Crippen LogP contribution in [0, 0.1) is 0 Å². The summed E-state index contributed by atoms with van der Waals surface area (Å²) in [7, 11) is 0. The molecule has 0 aliphatic carbocycles. The molecule has 3 aromatic rings. The second-order valence-corrected chi connectivity index (χ2v) is 8.68. The Morgan fingerprint density at radius 3 is 2.62 bits per heavy atom. The Hall–Kier alpha value is -1.72. The first-order valence-corrected chi connectivity index (χ1v) is 10.7. The van der Waals surface area contributed by atoms with Gasteiger partial charge in [-0.3, -0.25) is 4.79 Å². The van der Waals surface area contributed by atoms with Crippen LogP contribution in [-0.2, 0) is 11.2 Å². The van der Waals surface area contributed by atoms with Crippen LogP contribution in [0.3, 0.4) is 0 Å². The predicted molar refractivity (Wildman–Crippen MR) is 111 cm³/mol. The third-order valence-corrected chi connectivity index (χ3v) is 7.05. The summed E-state index contributed by atoms with van der Waals surface area (Å²) >= 11 is 5.36. The largest absolute Gasteiger partial charge is 0.343 e. The number of halogens is 1. The van der Waals surface area contributed by atoms with Crippen molar-refractivity contribution in [2.75, 3.05) is 13.1 Å². The maximum atomic E-state index is 12.6. The number of para-hydroxylation sites is 1. The van der Waals surface area contributed by atoms with Gasteiger partial charge in [0.1, 0.15) is 0 Å². The summed E-state index contributed by atoms with van der Waals surface area (Å²) in [6.07, 6.45) is 3.40. The van der Waals surface area contributed by atoms with Gasteiger partial charge in [0.2, 0.25) is 5.91 Å². The minimum absolute atomic E-state index is 0.267. The Bertz CT molecular complexity index is 882. The van der Waals surface area contributed by atoms with Gasteiger partial charge in [0.25, 0.3) is 0 Å². The number of fused-ring (bicyclic) bond motifs is 1. The number of aryl methyl sites for hydroxylation is 1. The minimum Gasteiger partial charge on any atom is -0.343 e. The summed E-state index contributed by atoms with van der Waals surface area (Å²) < 4.78 is 2.34. The second kappa shape index (κ2) is 7.89. The molecular formula is C21H21BrN2OS. The van der Waals surface area contributed by atoms with Crippen molar-refractivity contribution in [3.63, 3.8) is 0 Å². The second-order valence-electron chi connectivity index (χ2n) is 6.77. The van der Waals surface area contributed by atoms with Gasteiger partial charge in [-0.2, -0.15) is 0 Å². The molecule has 1 saturated heterocycles. The van der Waals surface area contributed by atoms with E-state index in [1.807, 2.05) is 29.2 Å². The van der Waals surface area contributed by atoms with Gasteiger partial charge in [0.15, 0.2) is 0 Å². The van der Waals surface area contributed by atoms with Crippen LogP contribution in [0.5, 0.6) is 0 Å². The highest BCUT2D eigenvalue weighted by molar-refractivity contribution is 9.10. The molecule has 0 radical (unpaired) electrons. The molecule has 1 fully saturated rings. The van der Waals surface area contributed by atoms with Crippen molar-refractivity contribution in [1.29, 1.82) is 0 Å². The van der Waals surface area contributed by atoms with Crippen molar-refractivity contribution in [1.82, 2.24) is 9.88 Å². The number of hydrogen-bond donors (Lipinski definition) is 0. The number of hydrogen-bond acceptors (Lipinski definition) is 3. The van der Waals surface area contributed by atoms with Gasteiger partial charge < -0.3 is 4.90 Å². The molecule has 1 amide bonds. The Kier molecular flexibility index (Phi) is 5.36. The maximum Gasteiger partial charge on any atom is 0.222 e. The molecule has 26 heavy (non-hydrogen) atoms. The molecule has 1 aromatic heterocycles. The van der Waals surface area contributed by atoms with Crippen molar-refractivity contribution < 1.29 is 4.79 Å². The number of rotatable bonds is 4. The van der Waals surface area contributed by atoms with Crippen LogP contribution in [-0.4, -0.2) is 28.9 Å². The van der Waals surface area contributed by atoms with Gasteiger partial charge in [-0.1, -0.05) is 46.3 Å². The van der Waals surface area contributed by atoms with E-state index < -0.39 is 0 Å². The van der Waals surface area contributed by atoms with E-state index in [1.54, 1.807) is 11.3 Å². The van der Waals surface area contributed by atoms with Gasteiger partial charge in [-0.05, 0) is 43.0 Å². The first kappa shape index (κ1) is 17.7. The Balaban J connectivity index is 1.33. The lowest BCUT2D eigenvalue weighted by Gasteiger charge is -2.31. The van der Waals surface area contributed by atoms with E-state index in [4.69, 9.17) is 4.98 Å². The fraction of sp³-hybridized carbons (Fsp3) is 0.333. The number of likely N-dealkylation sites (tertiary alicyclic amines) is 1. The highest BCUT2D eigenvalue weighted by Gasteiger charge is 2.25. The molecule has 0 spiro atoms. The zero-order valence-corrected chi connectivity index (χ0v) is 16.9. The number of carbonyl (C=O) groups excluding carboxylic acids is 1. The van der Waals surface area contributed by atoms with Crippen molar-refractivity contribution in [3.8, 4) is 0 Å². The number of aromatic nitrogens is 1. The lowest BCUT2D eigenvalue weighted by molar-refractivity contribution is -0.132. The SMILES string of the molecule is O=C(CCc1ccccc1Br)N1CCC(c2nc3ccccc3s2)CC1. The minimum atomic E-state index is 0.267. The highest BCUT2D eigenvalue weighted by Crippen LogP contribution is 2.34. The molecule has 1 aliphatic heterocycles. The van der Waals surface area contributed by atoms with Crippen LogP contribution in [0.25, 0.3) is 10.2 Å². The molecule has 0 saturated carbocycles. The van der Waals surface area contributed by atoms with Crippen molar-refractivity contribution in [2.45, 2.75) is 31.6 Å². The zero-order chi connectivity index (χ0) is 17.9. The molecule has 0 bridgehead atoms. The third kappa shape index (κ3) is 3.84. The first-order valence-electron chi connectivity index (χ1n) is 9.07. The number of nitrogens with zero attached hydrogens (tertiary/aromatic N) is 2. The molecule has 4 rings (SSSR count). The van der Waals surface area contributed by atoms with Gasteiger partial charge in [0, 0.05) is 29.9 Å². The average molecular weight is 429 g/mol. The van der Waals surface area contributed by atoms with Crippen molar-refractivity contribution >= 4 is 43.4 Å². The van der Waals surface area contributed by atoms with Gasteiger partial charge in [0.05, 0.1) is 15.2 Å². The lowest BCUT2D eigenvalue weighted by atomic mass is 9.97. The Labute approximate surface area is 166 Å². The van der Waals surface area contributed by atoms with Gasteiger partial charge >= 0.3 is 0 Å². The molecule has 0 atom stereocenters. The molecule has 5 heteroatoms. The fourth-order valence-corrected chi connectivity index (χ4v) is 5.16. The van der Waals surface area contributed by atoms with E-state index in [-0.39, 0.29) is 5.91 Å². The molecule has 134 valence electrons. The number of carbonyl (C=O) groups is 1. The standard InChI is InChI=1S/C21H21BrN2OS/c22-17-6-2-1-5-15(17)9-10-20(25)24-13-11-16(12-14-24)21-23-18-7-3-4-8-19(18)26-21/h1-8,16H,9-14H2. The van der Waals surface area contributed by atoms with Gasteiger partial charge in [-0.25, -0.2) is 4.98 Å². The molecule has 1 aliphatic rings. The maximum absolute atomic E-state index is 12.6. The summed E-state index contributed by atoms with van der Waals surface area (Å²) in [5.74, 6) is 0.753. The summed E-state index contributed by atoms with van der Waals surface area (Å²) in [6.45, 7) is 1.69. The number of amides is 1. The highest BCUT2D eigenvalue weighted by atomic mass is 79.9. The van der Waals surface area contributed by atoms with E-state index in [0.29, 0.717) is 12.3 Å². The number of benzene rings is 2. The molecule has 2 heterocycles. The quantitative estimate of drug-likeness (QED) is 0.557. The number of thiazole rings is 1. The van der Waals surface area contributed by atoms with Crippen LogP contribution in [0.2, 0.25) is 0 Å². The van der Waals surface area contributed by atoms with E-state index in [9.17, 15) is 4.79 Å². The topological polar surface area (TPSA) is 33.2 Å². The fourth-order valence-electron chi connectivity index (χ4n) is 3.54. The van der Waals surface area contributed by atoms with Crippen molar-refractivity contribution in [3.05, 3.63) is 63.6 Å². The van der Waals surface area contributed by atoms with Crippen LogP contribution in [0.15, 0.2) is 53.0 Å². The van der Waals surface area contributed by atoms with E-state index in [1.165, 1.54) is 15.3 Å². The summed E-state index contributed by atoms with van der Waals surface area (Å²) in [4.78, 5) is 19.4.